The van der Waals surface area contributed by atoms with Gasteiger partial charge >= 0.3 is 12.0 Å². The maximum atomic E-state index is 11.9. The van der Waals surface area contributed by atoms with Crippen LogP contribution in [0.25, 0.3) is 0 Å². The predicted octanol–water partition coefficient (Wildman–Crippen LogP) is 1.48. The lowest BCUT2D eigenvalue weighted by atomic mass is 9.64. The van der Waals surface area contributed by atoms with Crippen LogP contribution in [0.3, 0.4) is 0 Å². The molecule has 0 radical (unpaired) electrons. The number of carbonyl (C=O) groups is 1. The number of fused-ring (bicyclic) bond motifs is 1. The van der Waals surface area contributed by atoms with Gasteiger partial charge in [0.05, 0.1) is 12.5 Å². The van der Waals surface area contributed by atoms with E-state index in [1.165, 1.54) is 19.3 Å². The van der Waals surface area contributed by atoms with Crippen molar-refractivity contribution in [2.75, 3.05) is 37.7 Å². The minimum atomic E-state index is 0.0310. The van der Waals surface area contributed by atoms with Crippen molar-refractivity contribution in [1.29, 1.82) is 0 Å². The number of hydrogen-bond donors (Lipinski definition) is 0. The standard InChI is InChI=1S/C18H26N4O3/c1-3-24-16(23)15-13-8-22(9-14(13)15)12-6-18(7-12)4-5-21(10-18)17-19-11(2)20-25-17/h12-15H,3-10H2,1-2H3/t12?,13-,14+,15+,18?. The van der Waals surface area contributed by atoms with E-state index in [0.29, 0.717) is 41.7 Å². The van der Waals surface area contributed by atoms with E-state index in [2.05, 4.69) is 19.9 Å². The summed E-state index contributed by atoms with van der Waals surface area (Å²) in [5, 5.41) is 3.90. The molecule has 0 unspecified atom stereocenters. The number of ether oxygens (including phenoxy) is 1. The highest BCUT2D eigenvalue weighted by Gasteiger charge is 2.62. The molecule has 7 heteroatoms. The number of likely N-dealkylation sites (tertiary alicyclic amines) is 1. The first-order valence-corrected chi connectivity index (χ1v) is 9.54. The summed E-state index contributed by atoms with van der Waals surface area (Å²) in [4.78, 5) is 21.1. The molecule has 4 aliphatic rings. The number of aromatic nitrogens is 2. The summed E-state index contributed by atoms with van der Waals surface area (Å²) in [6.45, 7) is 8.47. The summed E-state index contributed by atoms with van der Waals surface area (Å²) < 4.78 is 10.5. The zero-order valence-corrected chi connectivity index (χ0v) is 15.0. The van der Waals surface area contributed by atoms with Crippen molar-refractivity contribution in [2.45, 2.75) is 39.2 Å². The summed E-state index contributed by atoms with van der Waals surface area (Å²) in [6.07, 6.45) is 3.75. The Bertz CT molecular complexity index is 672. The van der Waals surface area contributed by atoms with Crippen LogP contribution in [-0.4, -0.2) is 59.8 Å². The number of nitrogens with zero attached hydrogens (tertiary/aromatic N) is 4. The average Bonchev–Trinajstić information content (AvgIpc) is 3.00. The molecule has 1 spiro atoms. The first-order chi connectivity index (χ1) is 12.1. The van der Waals surface area contributed by atoms with Gasteiger partial charge in [0.1, 0.15) is 0 Å². The van der Waals surface area contributed by atoms with E-state index in [0.717, 1.165) is 26.2 Å². The van der Waals surface area contributed by atoms with Gasteiger partial charge in [0.25, 0.3) is 0 Å². The number of rotatable bonds is 4. The molecule has 2 aliphatic carbocycles. The van der Waals surface area contributed by atoms with Gasteiger partial charge in [-0.15, -0.1) is 0 Å². The van der Waals surface area contributed by atoms with Gasteiger partial charge in [0.2, 0.25) is 0 Å². The molecule has 3 atom stereocenters. The molecule has 25 heavy (non-hydrogen) atoms. The van der Waals surface area contributed by atoms with Crippen LogP contribution in [0.1, 0.15) is 32.0 Å². The third-order valence-electron chi connectivity index (χ3n) is 6.86. The molecule has 0 N–H and O–H groups in total. The molecule has 7 nitrogen and oxygen atoms in total. The molecule has 2 saturated carbocycles. The molecule has 2 saturated heterocycles. The zero-order valence-electron chi connectivity index (χ0n) is 15.0. The minimum Gasteiger partial charge on any atom is -0.466 e. The van der Waals surface area contributed by atoms with E-state index in [9.17, 15) is 4.79 Å². The zero-order chi connectivity index (χ0) is 17.2. The molecule has 0 amide bonds. The topological polar surface area (TPSA) is 71.7 Å². The first kappa shape index (κ1) is 15.6. The molecular formula is C18H26N4O3. The lowest BCUT2D eigenvalue weighted by Crippen LogP contribution is -2.52. The summed E-state index contributed by atoms with van der Waals surface area (Å²) in [7, 11) is 0. The third kappa shape index (κ3) is 2.46. The smallest absolute Gasteiger partial charge is 0.324 e. The fourth-order valence-corrected chi connectivity index (χ4v) is 5.49. The van der Waals surface area contributed by atoms with E-state index < -0.39 is 0 Å². The van der Waals surface area contributed by atoms with Crippen LogP contribution in [0.4, 0.5) is 6.01 Å². The molecule has 3 heterocycles. The second-order valence-electron chi connectivity index (χ2n) is 8.42. The SMILES string of the molecule is CCOC(=O)[C@H]1[C@@H]2CN(C3CC4(CCN(c5nc(C)no5)C4)C3)C[C@@H]21. The second kappa shape index (κ2) is 5.43. The van der Waals surface area contributed by atoms with Crippen molar-refractivity contribution in [1.82, 2.24) is 15.0 Å². The van der Waals surface area contributed by atoms with Crippen molar-refractivity contribution in [3.05, 3.63) is 5.82 Å². The van der Waals surface area contributed by atoms with E-state index in [1.54, 1.807) is 0 Å². The molecule has 1 aromatic heterocycles. The van der Waals surface area contributed by atoms with Crippen molar-refractivity contribution >= 4 is 12.0 Å². The second-order valence-corrected chi connectivity index (χ2v) is 8.42. The number of anilines is 1. The lowest BCUT2D eigenvalue weighted by molar-refractivity contribution is -0.146. The van der Waals surface area contributed by atoms with Crippen LogP contribution in [0, 0.1) is 30.1 Å². The minimum absolute atomic E-state index is 0.0310. The van der Waals surface area contributed by atoms with Gasteiger partial charge in [-0.25, -0.2) is 0 Å². The third-order valence-corrected chi connectivity index (χ3v) is 6.86. The highest BCUT2D eigenvalue weighted by molar-refractivity contribution is 5.77. The van der Waals surface area contributed by atoms with E-state index in [4.69, 9.17) is 9.26 Å². The van der Waals surface area contributed by atoms with Gasteiger partial charge < -0.3 is 14.2 Å². The molecule has 4 fully saturated rings. The predicted molar refractivity (Wildman–Crippen MR) is 90.0 cm³/mol. The first-order valence-electron chi connectivity index (χ1n) is 9.54. The normalized spacial score (nSPS) is 39.5. The number of aryl methyl sites for hydroxylation is 1. The van der Waals surface area contributed by atoms with Crippen molar-refractivity contribution in [2.24, 2.45) is 23.2 Å². The highest BCUT2D eigenvalue weighted by Crippen LogP contribution is 2.57. The summed E-state index contributed by atoms with van der Waals surface area (Å²) in [5.74, 6) is 2.03. The van der Waals surface area contributed by atoms with Gasteiger partial charge in [-0.1, -0.05) is 5.16 Å². The fraction of sp³-hybridized carbons (Fsp3) is 0.833. The van der Waals surface area contributed by atoms with Crippen LogP contribution >= 0.6 is 0 Å². The van der Waals surface area contributed by atoms with Crippen LogP contribution in [0.2, 0.25) is 0 Å². The molecule has 2 aliphatic heterocycles. The van der Waals surface area contributed by atoms with Gasteiger partial charge in [-0.3, -0.25) is 9.69 Å². The maximum Gasteiger partial charge on any atom is 0.324 e. The largest absolute Gasteiger partial charge is 0.466 e. The highest BCUT2D eigenvalue weighted by atomic mass is 16.5. The van der Waals surface area contributed by atoms with Crippen molar-refractivity contribution in [3.63, 3.8) is 0 Å². The Kier molecular flexibility index (Phi) is 3.39. The molecule has 1 aromatic rings. The number of piperidine rings is 1. The molecule has 0 aromatic carbocycles. The maximum absolute atomic E-state index is 11.9. The van der Waals surface area contributed by atoms with Crippen molar-refractivity contribution in [3.8, 4) is 0 Å². The molecular weight excluding hydrogens is 320 g/mol. The number of hydrogen-bond acceptors (Lipinski definition) is 7. The molecule has 5 rings (SSSR count). The van der Waals surface area contributed by atoms with Gasteiger partial charge in [-0.05, 0) is 50.4 Å². The Labute approximate surface area is 147 Å². The Balaban J connectivity index is 1.12. The Hall–Kier alpha value is -1.63. The van der Waals surface area contributed by atoms with Crippen LogP contribution < -0.4 is 4.90 Å². The Morgan fingerprint density at radius 3 is 2.76 bits per heavy atom. The van der Waals surface area contributed by atoms with Gasteiger partial charge in [-0.2, -0.15) is 4.98 Å². The lowest BCUT2D eigenvalue weighted by Gasteiger charge is -2.49. The quantitative estimate of drug-likeness (QED) is 0.765. The van der Waals surface area contributed by atoms with Crippen LogP contribution in [0.5, 0.6) is 0 Å². The van der Waals surface area contributed by atoms with Gasteiger partial charge in [0, 0.05) is 32.2 Å². The Morgan fingerprint density at radius 1 is 1.36 bits per heavy atom. The fourth-order valence-electron chi connectivity index (χ4n) is 5.49. The summed E-state index contributed by atoms with van der Waals surface area (Å²) in [6, 6.07) is 1.37. The monoisotopic (exact) mass is 346 g/mol. The Morgan fingerprint density at radius 2 is 2.12 bits per heavy atom. The van der Waals surface area contributed by atoms with Crippen molar-refractivity contribution < 1.29 is 14.1 Å². The summed E-state index contributed by atoms with van der Waals surface area (Å²) >= 11 is 0. The average molecular weight is 346 g/mol. The molecule has 0 bridgehead atoms. The van der Waals surface area contributed by atoms with E-state index >= 15 is 0 Å². The van der Waals surface area contributed by atoms with Gasteiger partial charge in [0.15, 0.2) is 5.82 Å². The van der Waals surface area contributed by atoms with Crippen LogP contribution in [-0.2, 0) is 9.53 Å². The summed E-state index contributed by atoms with van der Waals surface area (Å²) in [5.41, 5.74) is 0.431. The van der Waals surface area contributed by atoms with E-state index in [-0.39, 0.29) is 11.9 Å². The number of esters is 1. The molecule has 136 valence electrons. The van der Waals surface area contributed by atoms with E-state index in [1.807, 2.05) is 13.8 Å². The number of carbonyl (C=O) groups excluding carboxylic acids is 1. The van der Waals surface area contributed by atoms with Crippen LogP contribution in [0.15, 0.2) is 4.52 Å².